The fraction of sp³-hybridized carbons (Fsp3) is 0.458. The van der Waals surface area contributed by atoms with Crippen molar-refractivity contribution in [2.24, 2.45) is 0 Å². The van der Waals surface area contributed by atoms with Crippen LogP contribution in [0.1, 0.15) is 45.4 Å². The summed E-state index contributed by atoms with van der Waals surface area (Å²) >= 11 is 0. The predicted molar refractivity (Wildman–Crippen MR) is 120 cm³/mol. The highest BCUT2D eigenvalue weighted by Crippen LogP contribution is 2.06. The molecule has 0 heterocycles. The van der Waals surface area contributed by atoms with E-state index in [2.05, 4.69) is 0 Å². The number of aliphatic hydroxyl groups excluding tert-OH is 4. The van der Waals surface area contributed by atoms with Crippen LogP contribution in [0.5, 0.6) is 0 Å². The lowest BCUT2D eigenvalue weighted by atomic mass is 10.1. The zero-order chi connectivity index (χ0) is 22.6. The van der Waals surface area contributed by atoms with E-state index >= 15 is 0 Å². The minimum absolute atomic E-state index is 0.234. The van der Waals surface area contributed by atoms with Crippen LogP contribution in [0.2, 0.25) is 0 Å². The Hall–Kier alpha value is -2.25. The van der Waals surface area contributed by atoms with Gasteiger partial charge >= 0.3 is 5.97 Å². The van der Waals surface area contributed by atoms with E-state index in [0.29, 0.717) is 12.8 Å². The van der Waals surface area contributed by atoms with Gasteiger partial charge in [-0.3, -0.25) is 0 Å². The molecule has 0 radical (unpaired) electrons. The number of hydrogen-bond donors (Lipinski definition) is 5. The predicted octanol–water partition coefficient (Wildman–Crippen LogP) is 3.21. The Morgan fingerprint density at radius 3 is 2.07 bits per heavy atom. The van der Waals surface area contributed by atoms with Crippen LogP contribution in [0.25, 0.3) is 0 Å². The summed E-state index contributed by atoms with van der Waals surface area (Å²) < 4.78 is 0. The summed E-state index contributed by atoms with van der Waals surface area (Å²) in [5, 5.41) is 47.2. The molecule has 6 nitrogen and oxygen atoms in total. The fourth-order valence-corrected chi connectivity index (χ4v) is 2.37. The molecule has 0 aromatic carbocycles. The van der Waals surface area contributed by atoms with Crippen molar-refractivity contribution < 1.29 is 30.3 Å². The Labute approximate surface area is 179 Å². The SMILES string of the molecule is C[C@@H](O)CCCC=CC=C[C@H](O)C[C@@H](O)CC=CC=C[C@@H](O)CC=CC=CC(=O)O. The molecule has 0 aliphatic rings. The Kier molecular flexibility index (Phi) is 17.4. The summed E-state index contributed by atoms with van der Waals surface area (Å²) in [6, 6.07) is 0. The molecule has 168 valence electrons. The third kappa shape index (κ3) is 20.5. The highest BCUT2D eigenvalue weighted by atomic mass is 16.4. The van der Waals surface area contributed by atoms with Gasteiger partial charge in [-0.2, -0.15) is 0 Å². The number of carbonyl (C=O) groups is 1. The molecule has 6 heteroatoms. The number of allylic oxidation sites excluding steroid dienone is 7. The highest BCUT2D eigenvalue weighted by molar-refractivity contribution is 5.80. The van der Waals surface area contributed by atoms with Crippen molar-refractivity contribution >= 4 is 5.97 Å². The van der Waals surface area contributed by atoms with Gasteiger partial charge < -0.3 is 25.5 Å². The number of aliphatic carboxylic acids is 1. The molecule has 0 bridgehead atoms. The van der Waals surface area contributed by atoms with Crippen molar-refractivity contribution in [1.29, 1.82) is 0 Å². The Bertz CT molecular complexity index is 613. The highest BCUT2D eigenvalue weighted by Gasteiger charge is 2.07. The van der Waals surface area contributed by atoms with Crippen molar-refractivity contribution in [3.8, 4) is 0 Å². The molecule has 30 heavy (non-hydrogen) atoms. The van der Waals surface area contributed by atoms with E-state index < -0.39 is 24.3 Å². The van der Waals surface area contributed by atoms with Gasteiger partial charge in [0.15, 0.2) is 0 Å². The lowest BCUT2D eigenvalue weighted by Gasteiger charge is -2.10. The standard InChI is InChI=1S/C24H36O6/c1-20(25)13-7-3-2-4-8-16-22(27)19-23(28)17-11-5-9-14-21(26)15-10-6-12-18-24(29)30/h2,4-6,8-12,14,16,18,20-23,25-28H,3,7,13,15,17,19H2,1H3,(H,29,30)/t20-,21-,22+,23+/m1/s1. The number of unbranched alkanes of at least 4 members (excludes halogenated alkanes) is 1. The third-order valence-electron chi connectivity index (χ3n) is 3.94. The quantitative estimate of drug-likeness (QED) is 0.149. The van der Waals surface area contributed by atoms with E-state index in [-0.39, 0.29) is 12.5 Å². The number of aliphatic hydroxyl groups is 4. The third-order valence-corrected chi connectivity index (χ3v) is 3.94. The summed E-state index contributed by atoms with van der Waals surface area (Å²) in [5.41, 5.74) is 0. The second kappa shape index (κ2) is 18.8. The molecule has 0 aromatic rings. The molecule has 0 saturated heterocycles. The minimum atomic E-state index is -1.02. The number of rotatable bonds is 16. The zero-order valence-electron chi connectivity index (χ0n) is 17.6. The fourth-order valence-electron chi connectivity index (χ4n) is 2.37. The summed E-state index contributed by atoms with van der Waals surface area (Å²) in [5.74, 6) is -1.02. The molecule has 4 atom stereocenters. The molecule has 0 saturated carbocycles. The largest absolute Gasteiger partial charge is 0.478 e. The molecule has 0 aliphatic heterocycles. The van der Waals surface area contributed by atoms with Gasteiger partial charge in [0.25, 0.3) is 0 Å². The van der Waals surface area contributed by atoms with Crippen LogP contribution in [0.15, 0.2) is 72.9 Å². The Morgan fingerprint density at radius 1 is 0.800 bits per heavy atom. The van der Waals surface area contributed by atoms with Crippen LogP contribution in [0.3, 0.4) is 0 Å². The van der Waals surface area contributed by atoms with Gasteiger partial charge in [-0.15, -0.1) is 0 Å². The van der Waals surface area contributed by atoms with Gasteiger partial charge in [-0.05, 0) is 39.0 Å². The topological polar surface area (TPSA) is 118 Å². The van der Waals surface area contributed by atoms with E-state index in [9.17, 15) is 20.1 Å². The maximum atomic E-state index is 10.3. The molecule has 0 fully saturated rings. The lowest BCUT2D eigenvalue weighted by molar-refractivity contribution is -0.131. The first kappa shape index (κ1) is 27.8. The van der Waals surface area contributed by atoms with E-state index in [1.54, 1.807) is 55.5 Å². The summed E-state index contributed by atoms with van der Waals surface area (Å²) in [6.07, 6.45) is 20.8. The maximum absolute atomic E-state index is 10.3. The summed E-state index contributed by atoms with van der Waals surface area (Å²) in [7, 11) is 0. The first-order valence-corrected chi connectivity index (χ1v) is 10.3. The van der Waals surface area contributed by atoms with Crippen LogP contribution in [-0.4, -0.2) is 55.9 Å². The maximum Gasteiger partial charge on any atom is 0.328 e. The molecular weight excluding hydrogens is 384 g/mol. The van der Waals surface area contributed by atoms with E-state index in [1.165, 1.54) is 6.08 Å². The van der Waals surface area contributed by atoms with Gasteiger partial charge in [-0.25, -0.2) is 4.79 Å². The van der Waals surface area contributed by atoms with Gasteiger partial charge in [0.2, 0.25) is 0 Å². The van der Waals surface area contributed by atoms with Crippen LogP contribution in [0, 0.1) is 0 Å². The van der Waals surface area contributed by atoms with Gasteiger partial charge in [0.1, 0.15) is 0 Å². The minimum Gasteiger partial charge on any atom is -0.478 e. The van der Waals surface area contributed by atoms with E-state index in [4.69, 9.17) is 10.2 Å². The molecule has 0 amide bonds. The molecule has 0 unspecified atom stereocenters. The molecule has 0 aromatic heterocycles. The Morgan fingerprint density at radius 2 is 1.40 bits per heavy atom. The Balaban J connectivity index is 3.99. The average Bonchev–Trinajstić information content (AvgIpc) is 2.66. The zero-order valence-corrected chi connectivity index (χ0v) is 17.6. The summed E-state index contributed by atoms with van der Waals surface area (Å²) in [6.45, 7) is 1.77. The molecule has 0 aliphatic carbocycles. The van der Waals surface area contributed by atoms with Crippen LogP contribution >= 0.6 is 0 Å². The van der Waals surface area contributed by atoms with Crippen LogP contribution in [-0.2, 0) is 4.79 Å². The lowest BCUT2D eigenvalue weighted by Crippen LogP contribution is -2.14. The number of hydrogen-bond acceptors (Lipinski definition) is 5. The van der Waals surface area contributed by atoms with Gasteiger partial charge in [0.05, 0.1) is 24.4 Å². The van der Waals surface area contributed by atoms with Crippen molar-refractivity contribution in [3.05, 3.63) is 72.9 Å². The number of carboxylic acid groups (broad SMARTS) is 1. The van der Waals surface area contributed by atoms with Crippen LogP contribution in [0.4, 0.5) is 0 Å². The monoisotopic (exact) mass is 420 g/mol. The second-order valence-corrected chi connectivity index (χ2v) is 7.03. The van der Waals surface area contributed by atoms with E-state index in [1.807, 2.05) is 12.2 Å². The van der Waals surface area contributed by atoms with E-state index in [0.717, 1.165) is 25.3 Å². The van der Waals surface area contributed by atoms with Crippen molar-refractivity contribution in [3.63, 3.8) is 0 Å². The van der Waals surface area contributed by atoms with Crippen molar-refractivity contribution in [2.45, 2.75) is 69.9 Å². The van der Waals surface area contributed by atoms with Crippen molar-refractivity contribution in [2.75, 3.05) is 0 Å². The first-order chi connectivity index (χ1) is 14.3. The second-order valence-electron chi connectivity index (χ2n) is 7.03. The summed E-state index contributed by atoms with van der Waals surface area (Å²) in [4.78, 5) is 10.3. The smallest absolute Gasteiger partial charge is 0.328 e. The number of carboxylic acids is 1. The average molecular weight is 421 g/mol. The molecule has 0 spiro atoms. The normalized spacial score (nSPS) is 17.2. The molecular formula is C24H36O6. The van der Waals surface area contributed by atoms with Gasteiger partial charge in [0, 0.05) is 12.5 Å². The van der Waals surface area contributed by atoms with Crippen molar-refractivity contribution in [1.82, 2.24) is 0 Å². The van der Waals surface area contributed by atoms with Crippen LogP contribution < -0.4 is 0 Å². The van der Waals surface area contributed by atoms with Gasteiger partial charge in [-0.1, -0.05) is 66.8 Å². The molecule has 0 rings (SSSR count). The molecule has 5 N–H and O–H groups in total. The first-order valence-electron chi connectivity index (χ1n) is 10.3.